The third kappa shape index (κ3) is 3.03. The minimum atomic E-state index is 0.424. The highest BCUT2D eigenvalue weighted by atomic mass is 15.1. The van der Waals surface area contributed by atoms with Crippen LogP contribution in [-0.4, -0.2) is 25.2 Å². The minimum absolute atomic E-state index is 0.424. The first-order valence-corrected chi connectivity index (χ1v) is 7.70. The van der Waals surface area contributed by atoms with Crippen molar-refractivity contribution in [2.45, 2.75) is 70.8 Å². The standard InChI is InChI=1S/C15H30N2/c1-3-7-15(10-6-11-17-15)13-16-12-14(4-2)8-5-9-14/h16-17H,3-13H2,1-2H3. The summed E-state index contributed by atoms with van der Waals surface area (Å²) < 4.78 is 0. The van der Waals surface area contributed by atoms with Crippen LogP contribution < -0.4 is 10.6 Å². The van der Waals surface area contributed by atoms with Crippen molar-refractivity contribution in [1.29, 1.82) is 0 Å². The molecule has 2 N–H and O–H groups in total. The van der Waals surface area contributed by atoms with Gasteiger partial charge in [0.25, 0.3) is 0 Å². The van der Waals surface area contributed by atoms with Gasteiger partial charge < -0.3 is 10.6 Å². The van der Waals surface area contributed by atoms with Gasteiger partial charge >= 0.3 is 0 Å². The summed E-state index contributed by atoms with van der Waals surface area (Å²) in [6.45, 7) is 8.32. The molecule has 1 unspecified atom stereocenters. The summed E-state index contributed by atoms with van der Waals surface area (Å²) in [5.41, 5.74) is 1.08. The molecule has 0 aromatic carbocycles. The highest BCUT2D eigenvalue weighted by Crippen LogP contribution is 2.43. The summed E-state index contributed by atoms with van der Waals surface area (Å²) in [6.07, 6.45) is 11.1. The summed E-state index contributed by atoms with van der Waals surface area (Å²) >= 11 is 0. The zero-order valence-electron chi connectivity index (χ0n) is 11.8. The van der Waals surface area contributed by atoms with Gasteiger partial charge in [-0.2, -0.15) is 0 Å². The molecule has 1 aliphatic heterocycles. The Labute approximate surface area is 107 Å². The minimum Gasteiger partial charge on any atom is -0.314 e. The first-order chi connectivity index (χ1) is 8.24. The van der Waals surface area contributed by atoms with Crippen molar-refractivity contribution < 1.29 is 0 Å². The molecule has 0 aromatic rings. The van der Waals surface area contributed by atoms with Crippen molar-refractivity contribution >= 4 is 0 Å². The predicted octanol–water partition coefficient (Wildman–Crippen LogP) is 3.08. The average Bonchev–Trinajstić information content (AvgIpc) is 2.72. The van der Waals surface area contributed by atoms with E-state index in [9.17, 15) is 0 Å². The van der Waals surface area contributed by atoms with Crippen molar-refractivity contribution in [3.05, 3.63) is 0 Å². The molecule has 1 heterocycles. The zero-order valence-corrected chi connectivity index (χ0v) is 11.8. The van der Waals surface area contributed by atoms with Crippen molar-refractivity contribution in [1.82, 2.24) is 10.6 Å². The SMILES string of the molecule is CCCC1(CNCC2(CC)CCC2)CCCN1. The van der Waals surface area contributed by atoms with E-state index in [0.29, 0.717) is 11.0 Å². The van der Waals surface area contributed by atoms with Crippen LogP contribution in [-0.2, 0) is 0 Å². The van der Waals surface area contributed by atoms with Gasteiger partial charge in [0.1, 0.15) is 0 Å². The maximum Gasteiger partial charge on any atom is 0.0306 e. The fourth-order valence-corrected chi connectivity index (χ4v) is 3.70. The Balaban J connectivity index is 1.75. The first kappa shape index (κ1) is 13.4. The van der Waals surface area contributed by atoms with E-state index in [1.807, 2.05) is 0 Å². The molecule has 0 radical (unpaired) electrons. The Kier molecular flexibility index (Phi) is 4.48. The molecule has 2 nitrogen and oxygen atoms in total. The van der Waals surface area contributed by atoms with E-state index in [0.717, 1.165) is 0 Å². The van der Waals surface area contributed by atoms with Crippen LogP contribution in [0.4, 0.5) is 0 Å². The molecule has 0 spiro atoms. The van der Waals surface area contributed by atoms with Crippen molar-refractivity contribution in [2.24, 2.45) is 5.41 Å². The van der Waals surface area contributed by atoms with Crippen molar-refractivity contribution in [3.8, 4) is 0 Å². The van der Waals surface area contributed by atoms with E-state index >= 15 is 0 Å². The van der Waals surface area contributed by atoms with Crippen LogP contribution in [0.3, 0.4) is 0 Å². The third-order valence-corrected chi connectivity index (χ3v) is 5.19. The molecule has 1 atom stereocenters. The van der Waals surface area contributed by atoms with E-state index in [2.05, 4.69) is 24.5 Å². The maximum absolute atomic E-state index is 3.78. The Morgan fingerprint density at radius 2 is 1.88 bits per heavy atom. The molecule has 0 aromatic heterocycles. The normalized spacial score (nSPS) is 31.4. The molecule has 2 heteroatoms. The topological polar surface area (TPSA) is 24.1 Å². The Morgan fingerprint density at radius 1 is 1.06 bits per heavy atom. The van der Waals surface area contributed by atoms with Crippen LogP contribution in [0.1, 0.15) is 65.2 Å². The number of rotatable bonds is 7. The number of hydrogen-bond acceptors (Lipinski definition) is 2. The molecule has 0 amide bonds. The summed E-state index contributed by atoms with van der Waals surface area (Å²) in [7, 11) is 0. The van der Waals surface area contributed by atoms with Crippen LogP contribution >= 0.6 is 0 Å². The van der Waals surface area contributed by atoms with Crippen molar-refractivity contribution in [3.63, 3.8) is 0 Å². The number of nitrogens with one attached hydrogen (secondary N) is 2. The Hall–Kier alpha value is -0.0800. The third-order valence-electron chi connectivity index (χ3n) is 5.19. The highest BCUT2D eigenvalue weighted by Gasteiger charge is 2.36. The van der Waals surface area contributed by atoms with Gasteiger partial charge in [0, 0.05) is 18.6 Å². The van der Waals surface area contributed by atoms with E-state index < -0.39 is 0 Å². The molecule has 17 heavy (non-hydrogen) atoms. The molecular weight excluding hydrogens is 208 g/mol. The van der Waals surface area contributed by atoms with Gasteiger partial charge in [0.15, 0.2) is 0 Å². The van der Waals surface area contributed by atoms with Crippen molar-refractivity contribution in [2.75, 3.05) is 19.6 Å². The fraction of sp³-hybridized carbons (Fsp3) is 1.00. The van der Waals surface area contributed by atoms with E-state index in [-0.39, 0.29) is 0 Å². The predicted molar refractivity (Wildman–Crippen MR) is 74.3 cm³/mol. The fourth-order valence-electron chi connectivity index (χ4n) is 3.70. The molecular formula is C15H30N2. The molecule has 0 bridgehead atoms. The van der Waals surface area contributed by atoms with Gasteiger partial charge in [-0.25, -0.2) is 0 Å². The second-order valence-electron chi connectivity index (χ2n) is 6.37. The lowest BCUT2D eigenvalue weighted by Gasteiger charge is -2.42. The summed E-state index contributed by atoms with van der Waals surface area (Å²) in [6, 6.07) is 0. The van der Waals surface area contributed by atoms with Crippen LogP contribution in [0, 0.1) is 5.41 Å². The number of hydrogen-bond donors (Lipinski definition) is 2. The summed E-state index contributed by atoms with van der Waals surface area (Å²) in [4.78, 5) is 0. The van der Waals surface area contributed by atoms with Gasteiger partial charge in [0.05, 0.1) is 0 Å². The lowest BCUT2D eigenvalue weighted by atomic mass is 9.67. The van der Waals surface area contributed by atoms with Gasteiger partial charge in [-0.15, -0.1) is 0 Å². The van der Waals surface area contributed by atoms with Gasteiger partial charge in [-0.3, -0.25) is 0 Å². The van der Waals surface area contributed by atoms with Gasteiger partial charge in [-0.1, -0.05) is 26.7 Å². The maximum atomic E-state index is 3.78. The quantitative estimate of drug-likeness (QED) is 0.712. The van der Waals surface area contributed by atoms with Crippen LogP contribution in [0.15, 0.2) is 0 Å². The van der Waals surface area contributed by atoms with E-state index in [1.54, 1.807) is 0 Å². The van der Waals surface area contributed by atoms with Crippen LogP contribution in [0.2, 0.25) is 0 Å². The molecule has 100 valence electrons. The monoisotopic (exact) mass is 238 g/mol. The smallest absolute Gasteiger partial charge is 0.0306 e. The second-order valence-corrected chi connectivity index (χ2v) is 6.37. The summed E-state index contributed by atoms with van der Waals surface area (Å²) in [5.74, 6) is 0. The Morgan fingerprint density at radius 3 is 2.35 bits per heavy atom. The molecule has 1 aliphatic carbocycles. The van der Waals surface area contributed by atoms with Gasteiger partial charge in [0.2, 0.25) is 0 Å². The lowest BCUT2D eigenvalue weighted by Crippen LogP contribution is -2.51. The van der Waals surface area contributed by atoms with Gasteiger partial charge in [-0.05, 0) is 50.5 Å². The van der Waals surface area contributed by atoms with E-state index in [1.165, 1.54) is 71.0 Å². The molecule has 1 saturated heterocycles. The molecule has 1 saturated carbocycles. The van der Waals surface area contributed by atoms with E-state index in [4.69, 9.17) is 0 Å². The largest absolute Gasteiger partial charge is 0.314 e. The molecule has 2 fully saturated rings. The molecule has 2 rings (SSSR count). The average molecular weight is 238 g/mol. The Bertz CT molecular complexity index is 222. The molecule has 2 aliphatic rings. The van der Waals surface area contributed by atoms with Crippen LogP contribution in [0.25, 0.3) is 0 Å². The lowest BCUT2D eigenvalue weighted by molar-refractivity contribution is 0.119. The van der Waals surface area contributed by atoms with Crippen LogP contribution in [0.5, 0.6) is 0 Å². The summed E-state index contributed by atoms with van der Waals surface area (Å²) in [5, 5.41) is 7.53. The second kappa shape index (κ2) is 5.71. The zero-order chi connectivity index (χ0) is 12.2. The first-order valence-electron chi connectivity index (χ1n) is 7.70. The highest BCUT2D eigenvalue weighted by molar-refractivity contribution is 4.96.